The van der Waals surface area contributed by atoms with Crippen molar-refractivity contribution in [2.45, 2.75) is 6.92 Å². The number of amides is 1. The summed E-state index contributed by atoms with van der Waals surface area (Å²) in [4.78, 5) is 22.4. The van der Waals surface area contributed by atoms with E-state index in [2.05, 4.69) is 25.6 Å². The molecule has 94 valence electrons. The number of ether oxygens (including phenoxy) is 2. The number of carbonyl (C=O) groups is 1. The van der Waals surface area contributed by atoms with Crippen LogP contribution in [0.4, 0.5) is 5.95 Å². The van der Waals surface area contributed by atoms with E-state index in [4.69, 9.17) is 9.47 Å². The van der Waals surface area contributed by atoms with Gasteiger partial charge in [-0.1, -0.05) is 0 Å². The van der Waals surface area contributed by atoms with Crippen molar-refractivity contribution >= 4 is 11.9 Å². The summed E-state index contributed by atoms with van der Waals surface area (Å²) in [6.45, 7) is 2.43. The minimum atomic E-state index is -0.0855. The monoisotopic (exact) mass is 241 g/mol. The fourth-order valence-electron chi connectivity index (χ4n) is 1.01. The van der Waals surface area contributed by atoms with E-state index in [1.807, 2.05) is 0 Å². The molecule has 0 radical (unpaired) electrons. The molecule has 0 fully saturated rings. The Morgan fingerprint density at radius 2 is 1.71 bits per heavy atom. The molecule has 1 rings (SSSR count). The lowest BCUT2D eigenvalue weighted by Crippen LogP contribution is -2.26. The van der Waals surface area contributed by atoms with Crippen LogP contribution >= 0.6 is 0 Å². The first-order valence-corrected chi connectivity index (χ1v) is 4.98. The van der Waals surface area contributed by atoms with E-state index in [0.29, 0.717) is 19.0 Å². The molecule has 8 heteroatoms. The highest BCUT2D eigenvalue weighted by atomic mass is 16.5. The fourth-order valence-corrected chi connectivity index (χ4v) is 1.01. The van der Waals surface area contributed by atoms with Gasteiger partial charge in [0.2, 0.25) is 11.9 Å². The van der Waals surface area contributed by atoms with Crippen molar-refractivity contribution in [3.05, 3.63) is 0 Å². The maximum Gasteiger partial charge on any atom is 0.324 e. The molecule has 0 bridgehead atoms. The molecule has 0 saturated carbocycles. The molecule has 0 atom stereocenters. The smallest absolute Gasteiger partial charge is 0.324 e. The molecule has 0 aliphatic carbocycles. The molecule has 0 saturated heterocycles. The Morgan fingerprint density at radius 1 is 1.12 bits per heavy atom. The number of anilines is 1. The van der Waals surface area contributed by atoms with Crippen molar-refractivity contribution in [1.29, 1.82) is 0 Å². The predicted molar refractivity (Wildman–Crippen MR) is 60.1 cm³/mol. The molecule has 0 spiro atoms. The molecule has 0 aromatic carbocycles. The Morgan fingerprint density at radius 3 is 2.18 bits per heavy atom. The average Bonchev–Trinajstić information content (AvgIpc) is 2.34. The Labute approximate surface area is 98.8 Å². The number of hydrogen-bond acceptors (Lipinski definition) is 7. The van der Waals surface area contributed by atoms with Gasteiger partial charge >= 0.3 is 12.0 Å². The van der Waals surface area contributed by atoms with Gasteiger partial charge in [0, 0.05) is 20.0 Å². The molecule has 1 amide bonds. The second-order valence-electron chi connectivity index (χ2n) is 3.04. The Bertz CT molecular complexity index is 363. The summed E-state index contributed by atoms with van der Waals surface area (Å²) in [6, 6.07) is 0.331. The highest BCUT2D eigenvalue weighted by molar-refractivity contribution is 5.72. The van der Waals surface area contributed by atoms with Crippen molar-refractivity contribution in [1.82, 2.24) is 20.3 Å². The van der Waals surface area contributed by atoms with Gasteiger partial charge < -0.3 is 20.1 Å². The van der Waals surface area contributed by atoms with Crippen molar-refractivity contribution < 1.29 is 14.3 Å². The quantitative estimate of drug-likeness (QED) is 0.644. The van der Waals surface area contributed by atoms with Crippen molar-refractivity contribution in [2.75, 3.05) is 32.6 Å². The molecule has 0 unspecified atom stereocenters. The third-order valence-electron chi connectivity index (χ3n) is 1.74. The van der Waals surface area contributed by atoms with E-state index in [-0.39, 0.29) is 17.9 Å². The molecule has 1 aromatic rings. The van der Waals surface area contributed by atoms with Gasteiger partial charge in [0.15, 0.2) is 0 Å². The summed E-state index contributed by atoms with van der Waals surface area (Å²) < 4.78 is 9.78. The van der Waals surface area contributed by atoms with E-state index in [1.165, 1.54) is 21.1 Å². The maximum atomic E-state index is 10.6. The van der Waals surface area contributed by atoms with Crippen molar-refractivity contribution in [3.8, 4) is 12.0 Å². The van der Waals surface area contributed by atoms with Gasteiger partial charge in [-0.2, -0.15) is 9.97 Å². The molecular formula is C9H15N5O3. The molecule has 1 aromatic heterocycles. The summed E-state index contributed by atoms with van der Waals surface area (Å²) in [5.74, 6) is 0.247. The number of nitrogens with zero attached hydrogens (tertiary/aromatic N) is 3. The first kappa shape index (κ1) is 12.9. The van der Waals surface area contributed by atoms with E-state index < -0.39 is 0 Å². The highest BCUT2D eigenvalue weighted by Crippen LogP contribution is 2.11. The maximum absolute atomic E-state index is 10.6. The highest BCUT2D eigenvalue weighted by Gasteiger charge is 2.06. The molecule has 0 aliphatic rings. The van der Waals surface area contributed by atoms with Crippen LogP contribution < -0.4 is 20.1 Å². The van der Waals surface area contributed by atoms with Crippen LogP contribution in [-0.2, 0) is 4.79 Å². The van der Waals surface area contributed by atoms with Crippen LogP contribution in [0.2, 0.25) is 0 Å². The molecule has 8 nitrogen and oxygen atoms in total. The van der Waals surface area contributed by atoms with Gasteiger partial charge in [-0.25, -0.2) is 0 Å². The van der Waals surface area contributed by atoms with Crippen LogP contribution in [0.1, 0.15) is 6.92 Å². The summed E-state index contributed by atoms with van der Waals surface area (Å²) in [7, 11) is 2.91. The molecular weight excluding hydrogens is 226 g/mol. The second kappa shape index (κ2) is 6.46. The number of nitrogens with one attached hydrogen (secondary N) is 2. The largest absolute Gasteiger partial charge is 0.467 e. The van der Waals surface area contributed by atoms with Crippen LogP contribution in [0.25, 0.3) is 0 Å². The van der Waals surface area contributed by atoms with Gasteiger partial charge in [0.25, 0.3) is 0 Å². The Kier molecular flexibility index (Phi) is 4.92. The zero-order chi connectivity index (χ0) is 12.7. The van der Waals surface area contributed by atoms with E-state index >= 15 is 0 Å². The van der Waals surface area contributed by atoms with Crippen LogP contribution in [-0.4, -0.2) is 48.2 Å². The standard InChI is InChI=1S/C9H15N5O3/c1-6(15)10-4-5-11-7-12-8(16-2)14-9(13-7)17-3/h4-5H2,1-3H3,(H,10,15)(H,11,12,13,14). The summed E-state index contributed by atoms with van der Waals surface area (Å²) in [5, 5.41) is 5.55. The predicted octanol–water partition coefficient (Wildman–Crippen LogP) is -0.563. The Balaban J connectivity index is 2.54. The van der Waals surface area contributed by atoms with Crippen LogP contribution in [0, 0.1) is 0 Å². The van der Waals surface area contributed by atoms with Gasteiger partial charge in [-0.05, 0) is 0 Å². The fraction of sp³-hybridized carbons (Fsp3) is 0.556. The zero-order valence-electron chi connectivity index (χ0n) is 9.98. The number of aromatic nitrogens is 3. The SMILES string of the molecule is COc1nc(NCCNC(C)=O)nc(OC)n1. The zero-order valence-corrected chi connectivity index (χ0v) is 9.98. The van der Waals surface area contributed by atoms with Crippen molar-refractivity contribution in [2.24, 2.45) is 0 Å². The van der Waals surface area contributed by atoms with Gasteiger partial charge in [-0.15, -0.1) is 4.98 Å². The number of methoxy groups -OCH3 is 2. The summed E-state index contributed by atoms with van der Waals surface area (Å²) in [6.07, 6.45) is 0. The van der Waals surface area contributed by atoms with Gasteiger partial charge in [-0.3, -0.25) is 4.79 Å². The van der Waals surface area contributed by atoms with Crippen LogP contribution in [0.15, 0.2) is 0 Å². The number of rotatable bonds is 6. The topological polar surface area (TPSA) is 98.3 Å². The molecule has 0 aliphatic heterocycles. The summed E-state index contributed by atoms with van der Waals surface area (Å²) >= 11 is 0. The number of carbonyl (C=O) groups excluding carboxylic acids is 1. The lowest BCUT2D eigenvalue weighted by atomic mass is 10.6. The van der Waals surface area contributed by atoms with Crippen LogP contribution in [0.3, 0.4) is 0 Å². The summed E-state index contributed by atoms with van der Waals surface area (Å²) in [5.41, 5.74) is 0. The average molecular weight is 241 g/mol. The minimum Gasteiger partial charge on any atom is -0.467 e. The van der Waals surface area contributed by atoms with Gasteiger partial charge in [0.1, 0.15) is 0 Å². The second-order valence-corrected chi connectivity index (χ2v) is 3.04. The Hall–Kier alpha value is -2.12. The first-order chi connectivity index (χ1) is 8.15. The number of hydrogen-bond donors (Lipinski definition) is 2. The third kappa shape index (κ3) is 4.49. The van der Waals surface area contributed by atoms with Crippen molar-refractivity contribution in [3.63, 3.8) is 0 Å². The molecule has 1 heterocycles. The van der Waals surface area contributed by atoms with Crippen LogP contribution in [0.5, 0.6) is 12.0 Å². The van der Waals surface area contributed by atoms with Gasteiger partial charge in [0.05, 0.1) is 14.2 Å². The lowest BCUT2D eigenvalue weighted by molar-refractivity contribution is -0.118. The molecule has 2 N–H and O–H groups in total. The lowest BCUT2D eigenvalue weighted by Gasteiger charge is -2.07. The normalized spacial score (nSPS) is 9.59. The minimum absolute atomic E-state index is 0.0855. The first-order valence-electron chi connectivity index (χ1n) is 4.98. The van der Waals surface area contributed by atoms with E-state index in [9.17, 15) is 4.79 Å². The molecule has 17 heavy (non-hydrogen) atoms. The van der Waals surface area contributed by atoms with E-state index in [0.717, 1.165) is 0 Å². The van der Waals surface area contributed by atoms with E-state index in [1.54, 1.807) is 0 Å². The third-order valence-corrected chi connectivity index (χ3v) is 1.74.